The minimum Gasteiger partial charge on any atom is -0.491 e. The molecule has 3 N–H and O–H groups in total. The fourth-order valence-corrected chi connectivity index (χ4v) is 9.77. The van der Waals surface area contributed by atoms with Gasteiger partial charge in [-0.05, 0) is 135 Å². The Kier molecular flexibility index (Phi) is 29.5. The Balaban J connectivity index is 2.19. The van der Waals surface area contributed by atoms with Gasteiger partial charge in [0.25, 0.3) is 0 Å². The standard InChI is InChI=1S/C57H90N3O13P/c1-13-16-19-22-34-65-55(61)58-52(46-28-25-31-49(37-46)68-40(4)5)43(10)71-74(64,72-44(11)53(59-56(62)66-35-23-20-17-14-2)47-29-26-32-50(38-47)69-41(6)7)73-45(12)54(60-57(63)67-36-24-21-18-15-3)48-30-27-33-51(39-48)70-42(8)9/h25-33,37-45,52-54H,13-24,34-36H2,1-12H3,(H,58,61)(H,59,62)(H,60,63). The number of rotatable bonds is 36. The Labute approximate surface area is 442 Å². The highest BCUT2D eigenvalue weighted by molar-refractivity contribution is 7.48. The molecule has 16 nitrogen and oxygen atoms in total. The molecule has 3 aromatic carbocycles. The van der Waals surface area contributed by atoms with Crippen LogP contribution >= 0.6 is 7.82 Å². The number of unbranched alkanes of at least 4 members (excludes halogenated alkanes) is 9. The molecule has 0 aliphatic carbocycles. The quantitative estimate of drug-likeness (QED) is 0.0284. The van der Waals surface area contributed by atoms with Crippen LogP contribution in [0.3, 0.4) is 0 Å². The van der Waals surface area contributed by atoms with E-state index in [0.717, 1.165) is 57.8 Å². The molecule has 0 spiro atoms. The fourth-order valence-electron chi connectivity index (χ4n) is 8.03. The first-order valence-electron chi connectivity index (χ1n) is 27.1. The lowest BCUT2D eigenvalue weighted by atomic mass is 10.0. The van der Waals surface area contributed by atoms with E-state index in [1.165, 1.54) is 0 Å². The largest absolute Gasteiger partial charge is 0.491 e. The number of amides is 3. The van der Waals surface area contributed by atoms with Gasteiger partial charge in [0.2, 0.25) is 0 Å². The second-order valence-electron chi connectivity index (χ2n) is 19.6. The average molecular weight is 1060 g/mol. The van der Waals surface area contributed by atoms with Crippen molar-refractivity contribution in [2.24, 2.45) is 0 Å². The van der Waals surface area contributed by atoms with Crippen LogP contribution in [-0.4, -0.2) is 74.7 Å². The Hall–Kier alpha value is -5.02. The summed E-state index contributed by atoms with van der Waals surface area (Å²) in [5.41, 5.74) is 1.66. The molecule has 6 atom stereocenters. The fraction of sp³-hybridized carbons (Fsp3) is 0.632. The van der Waals surface area contributed by atoms with E-state index in [-0.39, 0.29) is 38.1 Å². The lowest BCUT2D eigenvalue weighted by Crippen LogP contribution is -2.40. The molecule has 74 heavy (non-hydrogen) atoms. The number of nitrogens with one attached hydrogen (secondary N) is 3. The van der Waals surface area contributed by atoms with Crippen LogP contribution in [0.4, 0.5) is 14.4 Å². The number of phosphoric ester groups is 1. The highest BCUT2D eigenvalue weighted by Gasteiger charge is 2.42. The molecule has 0 aliphatic heterocycles. The molecule has 0 fully saturated rings. The predicted octanol–water partition coefficient (Wildman–Crippen LogP) is 14.8. The van der Waals surface area contributed by atoms with Crippen LogP contribution in [0.25, 0.3) is 0 Å². The van der Waals surface area contributed by atoms with Crippen LogP contribution in [0.5, 0.6) is 17.2 Å². The van der Waals surface area contributed by atoms with Crippen LogP contribution in [0.2, 0.25) is 0 Å². The maximum Gasteiger partial charge on any atom is 0.475 e. The minimum absolute atomic E-state index is 0.154. The maximum atomic E-state index is 16.0. The molecule has 0 aliphatic rings. The van der Waals surface area contributed by atoms with Crippen molar-refractivity contribution in [3.8, 4) is 17.2 Å². The van der Waals surface area contributed by atoms with Crippen molar-refractivity contribution in [3.05, 3.63) is 89.5 Å². The summed E-state index contributed by atoms with van der Waals surface area (Å²) in [6.07, 6.45) is 4.83. The number of ether oxygens (including phenoxy) is 6. The van der Waals surface area contributed by atoms with Crippen molar-refractivity contribution in [3.63, 3.8) is 0 Å². The smallest absolute Gasteiger partial charge is 0.475 e. The number of phosphoric acid groups is 1. The predicted molar refractivity (Wildman–Crippen MR) is 290 cm³/mol. The first-order valence-corrected chi connectivity index (χ1v) is 28.6. The molecule has 3 amide bonds. The summed E-state index contributed by atoms with van der Waals surface area (Å²) in [6, 6.07) is 18.4. The SMILES string of the molecule is CCCCCCOC(=O)NC(c1cccc(OC(C)C)c1)C(C)OP(=O)(OC(C)C(NC(=O)OCCCCCC)c1cccc(OC(C)C)c1)OC(C)C(NC(=O)OCCCCCC)c1cccc(OC(C)C)c1. The highest BCUT2D eigenvalue weighted by Crippen LogP contribution is 2.56. The summed E-state index contributed by atoms with van der Waals surface area (Å²) in [6.45, 7) is 23.2. The number of carbonyl (C=O) groups is 3. The monoisotopic (exact) mass is 1060 g/mol. The van der Waals surface area contributed by atoms with Crippen LogP contribution in [0.1, 0.15) is 195 Å². The number of alkyl carbamates (subject to hydrolysis) is 3. The zero-order valence-electron chi connectivity index (χ0n) is 46.5. The number of hydrogen-bond acceptors (Lipinski definition) is 13. The van der Waals surface area contributed by atoms with E-state index < -0.39 is 62.5 Å². The summed E-state index contributed by atoms with van der Waals surface area (Å²) in [7, 11) is -4.92. The van der Waals surface area contributed by atoms with Crippen LogP contribution in [0, 0.1) is 0 Å². The van der Waals surface area contributed by atoms with Gasteiger partial charge in [0.1, 0.15) is 17.2 Å². The normalized spacial score (nSPS) is 14.7. The van der Waals surface area contributed by atoms with Gasteiger partial charge in [-0.25, -0.2) is 18.9 Å². The molecule has 6 unspecified atom stereocenters. The van der Waals surface area contributed by atoms with Gasteiger partial charge in [-0.2, -0.15) is 0 Å². The first-order chi connectivity index (χ1) is 35.4. The van der Waals surface area contributed by atoms with E-state index in [0.29, 0.717) is 53.2 Å². The van der Waals surface area contributed by atoms with Gasteiger partial charge in [0.15, 0.2) is 0 Å². The Morgan fingerprint density at radius 2 is 0.689 bits per heavy atom. The van der Waals surface area contributed by atoms with Crippen LogP contribution in [0.15, 0.2) is 72.8 Å². The van der Waals surface area contributed by atoms with Gasteiger partial charge >= 0.3 is 26.1 Å². The summed E-state index contributed by atoms with van der Waals surface area (Å²) < 4.78 is 70.8. The molecule has 416 valence electrons. The summed E-state index contributed by atoms with van der Waals surface area (Å²) in [5, 5.41) is 8.83. The van der Waals surface area contributed by atoms with Crippen molar-refractivity contribution < 1.29 is 60.9 Å². The van der Waals surface area contributed by atoms with Crippen molar-refractivity contribution in [1.82, 2.24) is 16.0 Å². The molecular formula is C57H90N3O13P. The van der Waals surface area contributed by atoms with Crippen molar-refractivity contribution in [2.75, 3.05) is 19.8 Å². The van der Waals surface area contributed by atoms with E-state index in [4.69, 9.17) is 42.0 Å². The van der Waals surface area contributed by atoms with Gasteiger partial charge in [-0.1, -0.05) is 115 Å². The van der Waals surface area contributed by atoms with E-state index >= 15 is 4.57 Å². The number of benzene rings is 3. The molecule has 3 rings (SSSR count). The molecule has 0 saturated carbocycles. The average Bonchev–Trinajstić information content (AvgIpc) is 3.33. The van der Waals surface area contributed by atoms with E-state index in [2.05, 4.69) is 36.7 Å². The van der Waals surface area contributed by atoms with E-state index in [9.17, 15) is 14.4 Å². The Bertz CT molecular complexity index is 1890. The van der Waals surface area contributed by atoms with E-state index in [1.54, 1.807) is 93.6 Å². The Morgan fingerprint density at radius 3 is 0.932 bits per heavy atom. The van der Waals surface area contributed by atoms with Crippen molar-refractivity contribution in [2.45, 2.75) is 215 Å². The molecule has 0 bridgehead atoms. The number of carbonyl (C=O) groups excluding carboxylic acids is 3. The third-order valence-electron chi connectivity index (χ3n) is 11.6. The van der Waals surface area contributed by atoms with Gasteiger partial charge in [-0.15, -0.1) is 0 Å². The third-order valence-corrected chi connectivity index (χ3v) is 13.3. The second-order valence-corrected chi connectivity index (χ2v) is 21.1. The lowest BCUT2D eigenvalue weighted by Gasteiger charge is -2.34. The van der Waals surface area contributed by atoms with Gasteiger partial charge in [-0.3, -0.25) is 13.6 Å². The first kappa shape index (κ1) is 63.3. The zero-order valence-corrected chi connectivity index (χ0v) is 47.4. The molecule has 0 aromatic heterocycles. The summed E-state index contributed by atoms with van der Waals surface area (Å²) in [4.78, 5) is 40.8. The zero-order chi connectivity index (χ0) is 54.5. The molecule has 3 aromatic rings. The molecule has 17 heteroatoms. The molecular weight excluding hydrogens is 966 g/mol. The van der Waals surface area contributed by atoms with Gasteiger partial charge in [0.05, 0.1) is 74.6 Å². The van der Waals surface area contributed by atoms with Crippen molar-refractivity contribution >= 4 is 26.1 Å². The molecule has 0 heterocycles. The highest BCUT2D eigenvalue weighted by atomic mass is 31.2. The summed E-state index contributed by atoms with van der Waals surface area (Å²) >= 11 is 0. The topological polar surface area (TPSA) is 187 Å². The lowest BCUT2D eigenvalue weighted by molar-refractivity contribution is 0.0144. The minimum atomic E-state index is -4.92. The Morgan fingerprint density at radius 1 is 0.419 bits per heavy atom. The van der Waals surface area contributed by atoms with Crippen LogP contribution in [-0.2, 0) is 32.3 Å². The molecule has 0 saturated heterocycles. The summed E-state index contributed by atoms with van der Waals surface area (Å²) in [5.74, 6) is 1.60. The number of hydrogen-bond donors (Lipinski definition) is 3. The third kappa shape index (κ3) is 24.6. The second kappa shape index (κ2) is 34.5. The van der Waals surface area contributed by atoms with E-state index in [1.807, 2.05) is 41.5 Å². The molecule has 0 radical (unpaired) electrons. The van der Waals surface area contributed by atoms with Crippen LogP contribution < -0.4 is 30.2 Å². The van der Waals surface area contributed by atoms with Gasteiger partial charge in [0, 0.05) is 0 Å². The van der Waals surface area contributed by atoms with Gasteiger partial charge < -0.3 is 44.4 Å². The van der Waals surface area contributed by atoms with Crippen molar-refractivity contribution in [1.29, 1.82) is 0 Å². The maximum absolute atomic E-state index is 16.0.